The van der Waals surface area contributed by atoms with Crippen LogP contribution in [0.4, 0.5) is 0 Å². The molecule has 0 spiro atoms. The summed E-state index contributed by atoms with van der Waals surface area (Å²) in [5.74, 6) is 0. The van der Waals surface area contributed by atoms with Crippen LogP contribution in [0.25, 0.3) is 0 Å². The summed E-state index contributed by atoms with van der Waals surface area (Å²) in [6.07, 6.45) is 37.0. The number of unbranched alkanes of at least 4 members (excludes halogenated alkanes) is 24. The summed E-state index contributed by atoms with van der Waals surface area (Å²) in [7, 11) is -4.70. The zero-order chi connectivity index (χ0) is 28.9. The predicted molar refractivity (Wildman–Crippen MR) is 169 cm³/mol. The Morgan fingerprint density at radius 1 is 0.500 bits per heavy atom. The van der Waals surface area contributed by atoms with Gasteiger partial charge in [-0.05, 0) is 51.4 Å². The molecule has 0 aliphatic carbocycles. The van der Waals surface area contributed by atoms with E-state index in [-0.39, 0.29) is 64.2 Å². The summed E-state index contributed by atoms with van der Waals surface area (Å²) in [5.41, 5.74) is 0. The smallest absolute Gasteiger partial charge is 0.746 e. The van der Waals surface area contributed by atoms with Gasteiger partial charge in [-0.1, -0.05) is 161 Å². The Morgan fingerprint density at radius 3 is 1.02 bits per heavy atom. The first-order valence-corrected chi connectivity index (χ1v) is 18.6. The van der Waals surface area contributed by atoms with Gasteiger partial charge < -0.3 is 9.66 Å². The zero-order valence-electron chi connectivity index (χ0n) is 27.2. The third-order valence-electron chi connectivity index (χ3n) is 8.22. The van der Waals surface area contributed by atoms with Gasteiger partial charge in [-0.15, -0.1) is 0 Å². The van der Waals surface area contributed by atoms with Gasteiger partial charge in [-0.25, -0.2) is 8.42 Å². The SMILES string of the molecule is CCCCCCCC/C=C\CCCCCCCCC(O)(CCCCCCCCCCCCCCC)S(=O)(=O)[O-].[K+]. The normalized spacial score (nSPS) is 13.5. The van der Waals surface area contributed by atoms with Crippen molar-refractivity contribution in [3.63, 3.8) is 0 Å². The van der Waals surface area contributed by atoms with Gasteiger partial charge in [-0.3, -0.25) is 0 Å². The van der Waals surface area contributed by atoms with E-state index in [1.54, 1.807) is 0 Å². The van der Waals surface area contributed by atoms with Crippen LogP contribution < -0.4 is 51.4 Å². The number of hydrogen-bond acceptors (Lipinski definition) is 4. The molecule has 234 valence electrons. The zero-order valence-corrected chi connectivity index (χ0v) is 31.2. The van der Waals surface area contributed by atoms with Crippen LogP contribution in [0.15, 0.2) is 12.2 Å². The monoisotopic (exact) mass is 610 g/mol. The predicted octanol–water partition coefficient (Wildman–Crippen LogP) is 8.13. The summed E-state index contributed by atoms with van der Waals surface area (Å²) in [5, 5.41) is 10.6. The van der Waals surface area contributed by atoms with Crippen LogP contribution in [-0.4, -0.2) is 23.0 Å². The van der Waals surface area contributed by atoms with E-state index in [9.17, 15) is 18.1 Å². The topological polar surface area (TPSA) is 77.4 Å². The van der Waals surface area contributed by atoms with Crippen molar-refractivity contribution in [3.8, 4) is 0 Å². The third-order valence-corrected chi connectivity index (χ3v) is 9.55. The average molecular weight is 611 g/mol. The molecule has 0 heterocycles. The molecular weight excluding hydrogens is 544 g/mol. The average Bonchev–Trinajstić information content (AvgIpc) is 2.90. The molecule has 1 unspecified atom stereocenters. The molecule has 1 N–H and O–H groups in total. The van der Waals surface area contributed by atoms with Crippen molar-refractivity contribution in [2.24, 2.45) is 0 Å². The first kappa shape index (κ1) is 43.4. The third kappa shape index (κ3) is 28.0. The van der Waals surface area contributed by atoms with Gasteiger partial charge >= 0.3 is 51.4 Å². The van der Waals surface area contributed by atoms with E-state index in [1.807, 2.05) is 0 Å². The molecule has 0 bridgehead atoms. The van der Waals surface area contributed by atoms with Gasteiger partial charge in [0.2, 0.25) is 0 Å². The van der Waals surface area contributed by atoms with E-state index < -0.39 is 15.1 Å². The summed E-state index contributed by atoms with van der Waals surface area (Å²) in [6.45, 7) is 4.51. The van der Waals surface area contributed by atoms with E-state index >= 15 is 0 Å². The molecule has 0 aliphatic rings. The first-order valence-electron chi connectivity index (χ1n) is 17.2. The largest absolute Gasteiger partial charge is 1.00 e. The van der Waals surface area contributed by atoms with E-state index in [1.165, 1.54) is 116 Å². The van der Waals surface area contributed by atoms with Crippen molar-refractivity contribution in [1.82, 2.24) is 0 Å². The molecule has 0 fully saturated rings. The fourth-order valence-electron chi connectivity index (χ4n) is 5.44. The minimum absolute atomic E-state index is 0. The summed E-state index contributed by atoms with van der Waals surface area (Å²) >= 11 is 0. The molecule has 1 atom stereocenters. The molecule has 40 heavy (non-hydrogen) atoms. The van der Waals surface area contributed by atoms with Crippen LogP contribution in [0.2, 0.25) is 0 Å². The second-order valence-corrected chi connectivity index (χ2v) is 13.7. The maximum Gasteiger partial charge on any atom is 1.00 e. The standard InChI is InChI=1S/C34H68O4S.K/c1-3-5-7-9-11-13-15-17-18-19-21-23-25-27-29-31-33-34(35,39(36,37)38)32-30-28-26-24-22-20-16-14-12-10-8-6-4-2;/h17-18,35H,3-16,19-33H2,1-2H3,(H,36,37,38);/q;+1/p-1/b18-17-;. The van der Waals surface area contributed by atoms with Gasteiger partial charge in [0.25, 0.3) is 0 Å². The molecule has 0 amide bonds. The summed E-state index contributed by atoms with van der Waals surface area (Å²) < 4.78 is 35.3. The van der Waals surface area contributed by atoms with Gasteiger partial charge in [0.1, 0.15) is 10.1 Å². The summed E-state index contributed by atoms with van der Waals surface area (Å²) in [6, 6.07) is 0. The minimum atomic E-state index is -4.70. The molecule has 0 saturated carbocycles. The van der Waals surface area contributed by atoms with Crippen molar-refractivity contribution < 1.29 is 69.5 Å². The number of hydrogen-bond donors (Lipinski definition) is 1. The van der Waals surface area contributed by atoms with Crippen molar-refractivity contribution in [1.29, 1.82) is 0 Å². The Balaban J connectivity index is 0. The second kappa shape index (κ2) is 31.7. The van der Waals surface area contributed by atoms with Crippen LogP contribution in [0, 0.1) is 0 Å². The fourth-order valence-corrected chi connectivity index (χ4v) is 6.23. The molecule has 0 aromatic carbocycles. The van der Waals surface area contributed by atoms with Crippen LogP contribution in [-0.2, 0) is 10.1 Å². The van der Waals surface area contributed by atoms with Crippen LogP contribution >= 0.6 is 0 Å². The maximum atomic E-state index is 11.8. The molecule has 0 aliphatic heterocycles. The van der Waals surface area contributed by atoms with E-state index in [0.29, 0.717) is 12.8 Å². The van der Waals surface area contributed by atoms with Crippen molar-refractivity contribution in [3.05, 3.63) is 12.2 Å². The number of aliphatic hydroxyl groups is 1. The van der Waals surface area contributed by atoms with Gasteiger partial charge in [0.05, 0.1) is 0 Å². The molecular formula is C34H67KO4S. The maximum absolute atomic E-state index is 11.8. The van der Waals surface area contributed by atoms with Crippen LogP contribution in [0.1, 0.15) is 200 Å². The fraction of sp³-hybridized carbons (Fsp3) is 0.941. The minimum Gasteiger partial charge on any atom is -0.746 e. The van der Waals surface area contributed by atoms with Crippen molar-refractivity contribution >= 4 is 10.1 Å². The van der Waals surface area contributed by atoms with Gasteiger partial charge in [0, 0.05) is 0 Å². The number of rotatable bonds is 31. The Kier molecular flexibility index (Phi) is 34.3. The molecule has 0 radical (unpaired) electrons. The summed E-state index contributed by atoms with van der Waals surface area (Å²) in [4.78, 5) is -2.08. The Morgan fingerprint density at radius 2 is 0.750 bits per heavy atom. The van der Waals surface area contributed by atoms with Crippen LogP contribution in [0.5, 0.6) is 0 Å². The molecule has 0 rings (SSSR count). The Labute approximate surface area is 293 Å². The van der Waals surface area contributed by atoms with Gasteiger partial charge in [-0.2, -0.15) is 0 Å². The quantitative estimate of drug-likeness (QED) is 0.0372. The molecule has 0 aromatic rings. The Bertz CT molecular complexity index is 638. The second-order valence-electron chi connectivity index (χ2n) is 12.1. The van der Waals surface area contributed by atoms with Crippen LogP contribution in [0.3, 0.4) is 0 Å². The van der Waals surface area contributed by atoms with E-state index in [4.69, 9.17) is 0 Å². The van der Waals surface area contributed by atoms with Crippen molar-refractivity contribution in [2.45, 2.75) is 205 Å². The van der Waals surface area contributed by atoms with Crippen molar-refractivity contribution in [2.75, 3.05) is 0 Å². The van der Waals surface area contributed by atoms with Gasteiger partial charge in [0.15, 0.2) is 4.93 Å². The number of allylic oxidation sites excluding steroid dienone is 2. The first-order chi connectivity index (χ1) is 18.9. The van der Waals surface area contributed by atoms with E-state index in [0.717, 1.165) is 44.9 Å². The Hall–Kier alpha value is 1.25. The molecule has 0 saturated heterocycles. The van der Waals surface area contributed by atoms with E-state index in [2.05, 4.69) is 26.0 Å². The molecule has 0 aromatic heterocycles. The molecule has 4 nitrogen and oxygen atoms in total. The molecule has 6 heteroatoms.